The molecule has 0 atom stereocenters. The van der Waals surface area contributed by atoms with Crippen molar-refractivity contribution in [1.82, 2.24) is 4.98 Å². The third-order valence-corrected chi connectivity index (χ3v) is 3.22. The zero-order chi connectivity index (χ0) is 15.4. The second-order valence-corrected chi connectivity index (χ2v) is 4.97. The van der Waals surface area contributed by atoms with Crippen molar-refractivity contribution < 1.29 is 9.53 Å². The van der Waals surface area contributed by atoms with E-state index in [0.29, 0.717) is 23.6 Å². The molecule has 2 rings (SSSR count). The highest BCUT2D eigenvalue weighted by Gasteiger charge is 2.13. The van der Waals surface area contributed by atoms with Gasteiger partial charge in [-0.3, -0.25) is 0 Å². The summed E-state index contributed by atoms with van der Waals surface area (Å²) in [6.07, 6.45) is 1.48. The largest absolute Gasteiger partial charge is 0.465 e. The van der Waals surface area contributed by atoms with Gasteiger partial charge in [0.2, 0.25) is 0 Å². The van der Waals surface area contributed by atoms with Gasteiger partial charge in [0.15, 0.2) is 0 Å². The lowest BCUT2D eigenvalue weighted by atomic mass is 10.1. The van der Waals surface area contributed by atoms with Gasteiger partial charge >= 0.3 is 5.97 Å². The highest BCUT2D eigenvalue weighted by atomic mass is 16.5. The highest BCUT2D eigenvalue weighted by molar-refractivity contribution is 5.95. The number of nitrogens with two attached hydrogens (primary N) is 1. The lowest BCUT2D eigenvalue weighted by Crippen LogP contribution is -2.19. The van der Waals surface area contributed by atoms with E-state index < -0.39 is 5.97 Å². The van der Waals surface area contributed by atoms with Crippen LogP contribution in [0, 0.1) is 6.92 Å². The molecular weight excluding hydrogens is 266 g/mol. The predicted octanol–water partition coefficient (Wildman–Crippen LogP) is 2.40. The Hall–Kier alpha value is -2.56. The summed E-state index contributed by atoms with van der Waals surface area (Å²) in [6, 6.07) is 9.91. The maximum Gasteiger partial charge on any atom is 0.340 e. The molecule has 0 aliphatic rings. The summed E-state index contributed by atoms with van der Waals surface area (Å²) in [6.45, 7) is 2.75. The number of aromatic nitrogens is 1. The van der Waals surface area contributed by atoms with Crippen LogP contribution in [0.25, 0.3) is 0 Å². The zero-order valence-electron chi connectivity index (χ0n) is 12.5. The number of carbonyl (C=O) groups excluding carboxylic acids is 1. The molecular formula is C16H19N3O2. The fourth-order valence-corrected chi connectivity index (χ4v) is 2.12. The Balaban J connectivity index is 2.23. The van der Waals surface area contributed by atoms with Crippen molar-refractivity contribution in [2.75, 3.05) is 24.8 Å². The first-order chi connectivity index (χ1) is 10.0. The maximum atomic E-state index is 11.7. The molecule has 0 saturated heterocycles. The van der Waals surface area contributed by atoms with E-state index >= 15 is 0 Å². The molecule has 0 spiro atoms. The van der Waals surface area contributed by atoms with Crippen LogP contribution in [0.2, 0.25) is 0 Å². The van der Waals surface area contributed by atoms with E-state index in [1.54, 1.807) is 6.07 Å². The number of methoxy groups -OCH3 is 1. The Morgan fingerprint density at radius 3 is 2.81 bits per heavy atom. The van der Waals surface area contributed by atoms with Crippen LogP contribution in [0.4, 0.5) is 11.5 Å². The Kier molecular flexibility index (Phi) is 4.42. The lowest BCUT2D eigenvalue weighted by molar-refractivity contribution is 0.0602. The fraction of sp³-hybridized carbons (Fsp3) is 0.250. The van der Waals surface area contributed by atoms with Crippen LogP contribution in [-0.2, 0) is 11.3 Å². The summed E-state index contributed by atoms with van der Waals surface area (Å²) < 4.78 is 4.72. The van der Waals surface area contributed by atoms with Gasteiger partial charge in [0.1, 0.15) is 5.82 Å². The number of hydrogen-bond donors (Lipinski definition) is 1. The summed E-state index contributed by atoms with van der Waals surface area (Å²) >= 11 is 0. The summed E-state index contributed by atoms with van der Waals surface area (Å²) in [7, 11) is 3.25. The summed E-state index contributed by atoms with van der Waals surface area (Å²) in [5, 5.41) is 0. The zero-order valence-corrected chi connectivity index (χ0v) is 12.5. The number of aryl methyl sites for hydroxylation is 1. The first-order valence-corrected chi connectivity index (χ1v) is 6.61. The van der Waals surface area contributed by atoms with Gasteiger partial charge in [-0.05, 0) is 18.6 Å². The molecule has 5 heteroatoms. The highest BCUT2D eigenvalue weighted by Crippen LogP contribution is 2.19. The van der Waals surface area contributed by atoms with E-state index in [4.69, 9.17) is 10.5 Å². The normalized spacial score (nSPS) is 10.2. The number of hydrogen-bond acceptors (Lipinski definition) is 5. The molecule has 5 nitrogen and oxygen atoms in total. The van der Waals surface area contributed by atoms with Crippen molar-refractivity contribution >= 4 is 17.5 Å². The molecule has 0 amide bonds. The average molecular weight is 285 g/mol. The summed E-state index contributed by atoms with van der Waals surface area (Å²) in [5.41, 5.74) is 8.79. The molecule has 2 N–H and O–H groups in total. The van der Waals surface area contributed by atoms with E-state index in [1.165, 1.54) is 24.4 Å². The van der Waals surface area contributed by atoms with Gasteiger partial charge in [-0.25, -0.2) is 9.78 Å². The second-order valence-electron chi connectivity index (χ2n) is 4.97. The monoisotopic (exact) mass is 285 g/mol. The van der Waals surface area contributed by atoms with E-state index in [1.807, 2.05) is 18.0 Å². The number of nitrogen functional groups attached to an aromatic ring is 1. The van der Waals surface area contributed by atoms with Gasteiger partial charge < -0.3 is 15.4 Å². The van der Waals surface area contributed by atoms with Crippen molar-refractivity contribution in [3.8, 4) is 0 Å². The van der Waals surface area contributed by atoms with E-state index in [2.05, 4.69) is 30.1 Å². The maximum absolute atomic E-state index is 11.7. The number of nitrogens with zero attached hydrogens (tertiary/aromatic N) is 2. The molecule has 1 heterocycles. The molecule has 0 radical (unpaired) electrons. The number of ether oxygens (including phenoxy) is 1. The molecule has 2 aromatic rings. The van der Waals surface area contributed by atoms with E-state index in [-0.39, 0.29) is 0 Å². The number of pyridine rings is 1. The van der Waals surface area contributed by atoms with Crippen molar-refractivity contribution in [1.29, 1.82) is 0 Å². The van der Waals surface area contributed by atoms with Gasteiger partial charge in [0.25, 0.3) is 0 Å². The molecule has 0 fully saturated rings. The van der Waals surface area contributed by atoms with Crippen molar-refractivity contribution in [3.63, 3.8) is 0 Å². The standard InChI is InChI=1S/C16H19N3O2/c1-11-5-4-6-12(7-11)10-19(2)15-8-13(16(20)21-3)14(17)9-18-15/h4-9H,10,17H2,1-3H3. The van der Waals surface area contributed by atoms with Crippen molar-refractivity contribution in [2.24, 2.45) is 0 Å². The van der Waals surface area contributed by atoms with Crippen LogP contribution in [-0.4, -0.2) is 25.1 Å². The minimum atomic E-state index is -0.458. The Labute approximate surface area is 124 Å². The van der Waals surface area contributed by atoms with Crippen LogP contribution in [0.1, 0.15) is 21.5 Å². The Morgan fingerprint density at radius 1 is 1.38 bits per heavy atom. The third-order valence-electron chi connectivity index (χ3n) is 3.22. The molecule has 0 aliphatic heterocycles. The van der Waals surface area contributed by atoms with Crippen molar-refractivity contribution in [2.45, 2.75) is 13.5 Å². The molecule has 1 aromatic carbocycles. The molecule has 110 valence electrons. The second kappa shape index (κ2) is 6.26. The number of rotatable bonds is 4. The summed E-state index contributed by atoms with van der Waals surface area (Å²) in [5.74, 6) is 0.214. The fourth-order valence-electron chi connectivity index (χ4n) is 2.12. The topological polar surface area (TPSA) is 68.5 Å². The number of carbonyl (C=O) groups is 1. The molecule has 0 saturated carbocycles. The molecule has 0 unspecified atom stereocenters. The van der Waals surface area contributed by atoms with Crippen molar-refractivity contribution in [3.05, 3.63) is 53.2 Å². The minimum Gasteiger partial charge on any atom is -0.465 e. The predicted molar refractivity (Wildman–Crippen MR) is 83.3 cm³/mol. The van der Waals surface area contributed by atoms with Gasteiger partial charge in [-0.2, -0.15) is 0 Å². The molecule has 1 aromatic heterocycles. The Morgan fingerprint density at radius 2 is 2.14 bits per heavy atom. The first-order valence-electron chi connectivity index (χ1n) is 6.61. The number of esters is 1. The van der Waals surface area contributed by atoms with E-state index in [9.17, 15) is 4.79 Å². The lowest BCUT2D eigenvalue weighted by Gasteiger charge is -2.19. The van der Waals surface area contributed by atoms with Crippen LogP contribution in [0.3, 0.4) is 0 Å². The van der Waals surface area contributed by atoms with Gasteiger partial charge in [0.05, 0.1) is 24.6 Å². The van der Waals surface area contributed by atoms with Gasteiger partial charge in [-0.1, -0.05) is 29.8 Å². The molecule has 0 aliphatic carbocycles. The first kappa shape index (κ1) is 14.8. The average Bonchev–Trinajstić information content (AvgIpc) is 2.47. The van der Waals surface area contributed by atoms with Gasteiger partial charge in [0, 0.05) is 13.6 Å². The van der Waals surface area contributed by atoms with E-state index in [0.717, 1.165) is 0 Å². The third kappa shape index (κ3) is 3.51. The van der Waals surface area contributed by atoms with Crippen LogP contribution < -0.4 is 10.6 Å². The summed E-state index contributed by atoms with van der Waals surface area (Å²) in [4.78, 5) is 17.9. The molecule has 21 heavy (non-hydrogen) atoms. The number of anilines is 2. The van der Waals surface area contributed by atoms with Gasteiger partial charge in [-0.15, -0.1) is 0 Å². The van der Waals surface area contributed by atoms with Crippen LogP contribution in [0.15, 0.2) is 36.5 Å². The smallest absolute Gasteiger partial charge is 0.340 e. The molecule has 0 bridgehead atoms. The SMILES string of the molecule is COC(=O)c1cc(N(C)Cc2cccc(C)c2)ncc1N. The minimum absolute atomic E-state index is 0.314. The quantitative estimate of drug-likeness (QED) is 0.874. The van der Waals surface area contributed by atoms with Crippen LogP contribution >= 0.6 is 0 Å². The van der Waals surface area contributed by atoms with Crippen LogP contribution in [0.5, 0.6) is 0 Å². The number of benzene rings is 1. The Bertz CT molecular complexity index is 656.